The summed E-state index contributed by atoms with van der Waals surface area (Å²) in [5.41, 5.74) is 3.81. The van der Waals surface area contributed by atoms with E-state index in [1.54, 1.807) is 4.90 Å². The third-order valence-corrected chi connectivity index (χ3v) is 3.85. The monoisotopic (exact) mass is 276 g/mol. The van der Waals surface area contributed by atoms with E-state index in [1.165, 1.54) is 16.7 Å². The molecule has 1 aliphatic heterocycles. The highest BCUT2D eigenvalue weighted by atomic mass is 16.3. The molecule has 0 saturated carbocycles. The molecule has 0 bridgehead atoms. The smallest absolute Gasteiger partial charge is 0.317 e. The van der Waals surface area contributed by atoms with Gasteiger partial charge in [-0.2, -0.15) is 0 Å². The number of rotatable bonds is 3. The number of aliphatic hydroxyl groups is 1. The van der Waals surface area contributed by atoms with Crippen molar-refractivity contribution in [1.29, 1.82) is 0 Å². The fourth-order valence-electron chi connectivity index (χ4n) is 2.68. The van der Waals surface area contributed by atoms with Crippen molar-refractivity contribution in [3.63, 3.8) is 0 Å². The minimum absolute atomic E-state index is 0.0616. The SMILES string of the molecule is Cc1ccc(CCNC(=O)N2CCCC(O)C2)c(C)c1. The van der Waals surface area contributed by atoms with Crippen LogP contribution in [0, 0.1) is 13.8 Å². The minimum atomic E-state index is -0.367. The van der Waals surface area contributed by atoms with Crippen LogP contribution in [-0.4, -0.2) is 41.8 Å². The normalized spacial score (nSPS) is 18.9. The number of aryl methyl sites for hydroxylation is 2. The van der Waals surface area contributed by atoms with E-state index in [2.05, 4.69) is 37.4 Å². The van der Waals surface area contributed by atoms with E-state index in [-0.39, 0.29) is 12.1 Å². The highest BCUT2D eigenvalue weighted by Gasteiger charge is 2.21. The van der Waals surface area contributed by atoms with Crippen molar-refractivity contribution >= 4 is 6.03 Å². The number of urea groups is 1. The van der Waals surface area contributed by atoms with Crippen molar-refractivity contribution in [1.82, 2.24) is 10.2 Å². The first-order valence-corrected chi connectivity index (χ1v) is 7.33. The molecule has 1 heterocycles. The molecule has 1 aliphatic rings. The Balaban J connectivity index is 1.79. The first-order valence-electron chi connectivity index (χ1n) is 7.33. The number of carbonyl (C=O) groups excluding carboxylic acids is 1. The topological polar surface area (TPSA) is 52.6 Å². The summed E-state index contributed by atoms with van der Waals surface area (Å²) >= 11 is 0. The second-order valence-corrected chi connectivity index (χ2v) is 5.65. The van der Waals surface area contributed by atoms with Crippen LogP contribution in [0.3, 0.4) is 0 Å². The summed E-state index contributed by atoms with van der Waals surface area (Å²) in [6, 6.07) is 6.33. The molecule has 2 N–H and O–H groups in total. The van der Waals surface area contributed by atoms with E-state index in [1.807, 2.05) is 0 Å². The van der Waals surface area contributed by atoms with Gasteiger partial charge in [0.15, 0.2) is 0 Å². The number of carbonyl (C=O) groups is 1. The lowest BCUT2D eigenvalue weighted by atomic mass is 10.0. The average Bonchev–Trinajstić information content (AvgIpc) is 2.41. The zero-order valence-electron chi connectivity index (χ0n) is 12.4. The number of nitrogens with one attached hydrogen (secondary N) is 1. The Morgan fingerprint density at radius 1 is 1.45 bits per heavy atom. The van der Waals surface area contributed by atoms with Gasteiger partial charge in [0.2, 0.25) is 0 Å². The first kappa shape index (κ1) is 14.9. The predicted molar refractivity (Wildman–Crippen MR) is 79.8 cm³/mol. The quantitative estimate of drug-likeness (QED) is 0.887. The number of aliphatic hydroxyl groups excluding tert-OH is 1. The van der Waals surface area contributed by atoms with Crippen LogP contribution in [0.25, 0.3) is 0 Å². The third kappa shape index (κ3) is 3.97. The summed E-state index contributed by atoms with van der Waals surface area (Å²) in [5, 5.41) is 12.5. The van der Waals surface area contributed by atoms with E-state index < -0.39 is 0 Å². The highest BCUT2D eigenvalue weighted by molar-refractivity contribution is 5.74. The number of β-amino-alcohol motifs (C(OH)–C–C–N with tert-alkyl or cyclic N) is 1. The largest absolute Gasteiger partial charge is 0.391 e. The Morgan fingerprint density at radius 2 is 2.25 bits per heavy atom. The molecule has 1 saturated heterocycles. The Labute approximate surface area is 120 Å². The molecule has 110 valence electrons. The Morgan fingerprint density at radius 3 is 2.95 bits per heavy atom. The predicted octanol–water partition coefficient (Wildman–Crippen LogP) is 2.01. The molecule has 1 aromatic rings. The van der Waals surface area contributed by atoms with Gasteiger partial charge in [-0.25, -0.2) is 4.79 Å². The van der Waals surface area contributed by atoms with Crippen molar-refractivity contribution in [3.8, 4) is 0 Å². The summed E-state index contributed by atoms with van der Waals surface area (Å²) in [6.07, 6.45) is 2.15. The summed E-state index contributed by atoms with van der Waals surface area (Å²) in [7, 11) is 0. The molecule has 0 spiro atoms. The van der Waals surface area contributed by atoms with Gasteiger partial charge in [-0.15, -0.1) is 0 Å². The van der Waals surface area contributed by atoms with E-state index in [0.717, 1.165) is 25.8 Å². The minimum Gasteiger partial charge on any atom is -0.391 e. The lowest BCUT2D eigenvalue weighted by Gasteiger charge is -2.30. The second-order valence-electron chi connectivity index (χ2n) is 5.65. The number of benzene rings is 1. The van der Waals surface area contributed by atoms with Gasteiger partial charge in [0.25, 0.3) is 0 Å². The molecular formula is C16H24N2O2. The zero-order valence-corrected chi connectivity index (χ0v) is 12.4. The Kier molecular flexibility index (Phi) is 5.01. The van der Waals surface area contributed by atoms with Crippen molar-refractivity contribution in [2.45, 2.75) is 39.2 Å². The summed E-state index contributed by atoms with van der Waals surface area (Å²) < 4.78 is 0. The van der Waals surface area contributed by atoms with E-state index in [4.69, 9.17) is 0 Å². The maximum absolute atomic E-state index is 12.0. The van der Waals surface area contributed by atoms with Gasteiger partial charge in [-0.3, -0.25) is 0 Å². The Hall–Kier alpha value is -1.55. The van der Waals surface area contributed by atoms with Crippen LogP contribution >= 0.6 is 0 Å². The van der Waals surface area contributed by atoms with E-state index in [0.29, 0.717) is 13.1 Å². The number of hydrogen-bond acceptors (Lipinski definition) is 2. The number of hydrogen-bond donors (Lipinski definition) is 2. The van der Waals surface area contributed by atoms with E-state index in [9.17, 15) is 9.90 Å². The summed E-state index contributed by atoms with van der Waals surface area (Å²) in [5.74, 6) is 0. The third-order valence-electron chi connectivity index (χ3n) is 3.85. The van der Waals surface area contributed by atoms with Crippen LogP contribution in [0.4, 0.5) is 4.79 Å². The van der Waals surface area contributed by atoms with Crippen LogP contribution < -0.4 is 5.32 Å². The number of piperidine rings is 1. The molecule has 0 radical (unpaired) electrons. The number of amides is 2. The van der Waals surface area contributed by atoms with E-state index >= 15 is 0 Å². The van der Waals surface area contributed by atoms with Crippen LogP contribution in [0.15, 0.2) is 18.2 Å². The molecule has 2 rings (SSSR count). The van der Waals surface area contributed by atoms with Gasteiger partial charge >= 0.3 is 6.03 Å². The van der Waals surface area contributed by atoms with Gasteiger partial charge in [0.1, 0.15) is 0 Å². The molecular weight excluding hydrogens is 252 g/mol. The number of likely N-dealkylation sites (tertiary alicyclic amines) is 1. The van der Waals surface area contributed by atoms with Gasteiger partial charge in [0, 0.05) is 19.6 Å². The second kappa shape index (κ2) is 6.75. The molecule has 1 unspecified atom stereocenters. The fourth-order valence-corrected chi connectivity index (χ4v) is 2.68. The van der Waals surface area contributed by atoms with Crippen LogP contribution in [0.2, 0.25) is 0 Å². The fraction of sp³-hybridized carbons (Fsp3) is 0.562. The van der Waals surface area contributed by atoms with Gasteiger partial charge < -0.3 is 15.3 Å². The first-order chi connectivity index (χ1) is 9.56. The molecule has 1 aromatic carbocycles. The summed E-state index contributed by atoms with van der Waals surface area (Å²) in [6.45, 7) is 6.02. The van der Waals surface area contributed by atoms with Gasteiger partial charge in [-0.1, -0.05) is 23.8 Å². The van der Waals surface area contributed by atoms with Crippen LogP contribution in [-0.2, 0) is 6.42 Å². The molecule has 0 aromatic heterocycles. The van der Waals surface area contributed by atoms with Crippen molar-refractivity contribution in [2.75, 3.05) is 19.6 Å². The molecule has 1 fully saturated rings. The van der Waals surface area contributed by atoms with Crippen molar-refractivity contribution in [3.05, 3.63) is 34.9 Å². The van der Waals surface area contributed by atoms with Crippen LogP contribution in [0.5, 0.6) is 0 Å². The molecule has 20 heavy (non-hydrogen) atoms. The molecule has 2 amide bonds. The van der Waals surface area contributed by atoms with Crippen molar-refractivity contribution < 1.29 is 9.90 Å². The van der Waals surface area contributed by atoms with Gasteiger partial charge in [-0.05, 0) is 44.2 Å². The lowest BCUT2D eigenvalue weighted by molar-refractivity contribution is 0.0843. The highest BCUT2D eigenvalue weighted by Crippen LogP contribution is 2.11. The standard InChI is InChI=1S/C16H24N2O2/c1-12-5-6-14(13(2)10-12)7-8-17-16(20)18-9-3-4-15(19)11-18/h5-6,10,15,19H,3-4,7-9,11H2,1-2H3,(H,17,20). The lowest BCUT2D eigenvalue weighted by Crippen LogP contribution is -2.47. The Bertz CT molecular complexity index is 474. The maximum Gasteiger partial charge on any atom is 0.317 e. The molecule has 4 nitrogen and oxygen atoms in total. The molecule has 1 atom stereocenters. The molecule has 4 heteroatoms. The maximum atomic E-state index is 12.0. The van der Waals surface area contributed by atoms with Crippen molar-refractivity contribution in [2.24, 2.45) is 0 Å². The summed E-state index contributed by atoms with van der Waals surface area (Å²) in [4.78, 5) is 13.7. The van der Waals surface area contributed by atoms with Crippen LogP contribution in [0.1, 0.15) is 29.5 Å². The van der Waals surface area contributed by atoms with Gasteiger partial charge in [0.05, 0.1) is 6.10 Å². The zero-order chi connectivity index (χ0) is 14.5. The average molecular weight is 276 g/mol. The molecule has 0 aliphatic carbocycles. The number of nitrogens with zero attached hydrogens (tertiary/aromatic N) is 1.